The maximum Gasteiger partial charge on any atom is 0.222 e. The van der Waals surface area contributed by atoms with Crippen molar-refractivity contribution in [2.24, 2.45) is 0 Å². The number of aryl methyl sites for hydroxylation is 1. The fraction of sp³-hybridized carbons (Fsp3) is 0.333. The van der Waals surface area contributed by atoms with Crippen LogP contribution in [0.4, 0.5) is 0 Å². The van der Waals surface area contributed by atoms with Gasteiger partial charge in [0.15, 0.2) is 0 Å². The summed E-state index contributed by atoms with van der Waals surface area (Å²) in [6, 6.07) is 18.0. The van der Waals surface area contributed by atoms with Crippen LogP contribution in [-0.2, 0) is 22.6 Å². The molecule has 2 aromatic carbocycles. The van der Waals surface area contributed by atoms with E-state index in [-0.39, 0.29) is 11.8 Å². The molecule has 0 spiro atoms. The third-order valence-corrected chi connectivity index (χ3v) is 6.72. The van der Waals surface area contributed by atoms with Crippen molar-refractivity contribution in [2.75, 3.05) is 19.6 Å². The molecule has 176 valence electrons. The molecule has 3 heterocycles. The van der Waals surface area contributed by atoms with E-state index in [4.69, 9.17) is 16.3 Å². The molecule has 0 radical (unpaired) electrons. The van der Waals surface area contributed by atoms with E-state index in [1.54, 1.807) is 0 Å². The van der Waals surface area contributed by atoms with E-state index >= 15 is 0 Å². The Kier molecular flexibility index (Phi) is 6.59. The molecule has 2 aliphatic heterocycles. The van der Waals surface area contributed by atoms with Crippen LogP contribution in [0.2, 0.25) is 5.02 Å². The van der Waals surface area contributed by atoms with Gasteiger partial charge in [0.25, 0.3) is 0 Å². The molecular weight excluding hydrogens is 450 g/mol. The highest BCUT2D eigenvalue weighted by Crippen LogP contribution is 2.41. The second-order valence-corrected chi connectivity index (χ2v) is 9.23. The number of para-hydroxylation sites is 1. The number of nitrogens with zero attached hydrogens (tertiary/aromatic N) is 2. The van der Waals surface area contributed by atoms with E-state index in [1.807, 2.05) is 47.4 Å². The predicted octanol–water partition coefficient (Wildman–Crippen LogP) is 4.75. The Bertz CT molecular complexity index is 1200. The lowest BCUT2D eigenvalue weighted by atomic mass is 10.0. The van der Waals surface area contributed by atoms with Gasteiger partial charge in [-0.3, -0.25) is 9.59 Å². The molecule has 1 N–H and O–H groups in total. The van der Waals surface area contributed by atoms with Crippen molar-refractivity contribution < 1.29 is 14.3 Å². The lowest BCUT2D eigenvalue weighted by Crippen LogP contribution is -2.30. The number of halogens is 1. The van der Waals surface area contributed by atoms with Gasteiger partial charge in [0.2, 0.25) is 11.8 Å². The quantitative estimate of drug-likeness (QED) is 0.476. The minimum absolute atomic E-state index is 0.0197. The van der Waals surface area contributed by atoms with E-state index in [9.17, 15) is 9.59 Å². The number of fused-ring (bicyclic) bond motifs is 3. The summed E-state index contributed by atoms with van der Waals surface area (Å²) in [5.74, 6) is 1.11. The number of likely N-dealkylation sites (tertiary alicyclic amines) is 1. The van der Waals surface area contributed by atoms with Crippen molar-refractivity contribution in [3.63, 3.8) is 0 Å². The van der Waals surface area contributed by atoms with E-state index in [1.165, 1.54) is 0 Å². The second kappa shape index (κ2) is 9.94. The van der Waals surface area contributed by atoms with Crippen LogP contribution in [0.25, 0.3) is 16.9 Å². The van der Waals surface area contributed by atoms with Crippen LogP contribution in [0.1, 0.15) is 36.9 Å². The van der Waals surface area contributed by atoms with Gasteiger partial charge in [-0.2, -0.15) is 0 Å². The molecular formula is C27H28ClN3O3. The Labute approximate surface area is 204 Å². The molecule has 0 unspecified atom stereocenters. The topological polar surface area (TPSA) is 63.6 Å². The number of carbonyl (C=O) groups is 2. The molecule has 7 heteroatoms. The first-order valence-corrected chi connectivity index (χ1v) is 12.2. The molecule has 0 saturated carbocycles. The first-order valence-electron chi connectivity index (χ1n) is 11.9. The molecule has 1 fully saturated rings. The number of hydrogen-bond acceptors (Lipinski definition) is 3. The zero-order valence-corrected chi connectivity index (χ0v) is 19.8. The number of benzene rings is 2. The number of hydrogen-bond donors (Lipinski definition) is 1. The number of nitrogens with one attached hydrogen (secondary N) is 1. The van der Waals surface area contributed by atoms with Crippen molar-refractivity contribution in [3.8, 4) is 22.7 Å². The molecule has 2 amide bonds. The molecule has 6 nitrogen and oxygen atoms in total. The maximum atomic E-state index is 12.6. The van der Waals surface area contributed by atoms with Crippen LogP contribution < -0.4 is 10.1 Å². The fourth-order valence-electron chi connectivity index (χ4n) is 4.81. The Hall–Kier alpha value is -3.25. The summed E-state index contributed by atoms with van der Waals surface area (Å²) in [5, 5.41) is 3.69. The molecule has 0 bridgehead atoms. The van der Waals surface area contributed by atoms with Gasteiger partial charge < -0.3 is 19.5 Å². The van der Waals surface area contributed by atoms with Crippen molar-refractivity contribution in [1.82, 2.24) is 14.8 Å². The molecule has 3 aromatic rings. The summed E-state index contributed by atoms with van der Waals surface area (Å²) in [4.78, 5) is 26.2. The molecule has 1 aromatic heterocycles. The molecule has 2 aliphatic rings. The van der Waals surface area contributed by atoms with Gasteiger partial charge in [-0.15, -0.1) is 0 Å². The fourth-order valence-corrected chi connectivity index (χ4v) is 4.93. The SMILES string of the molecule is O=C(CCc1cc2c(n1-c1ccc(Cl)cc1)-c1ccccc1OC2)NCCCN1CCCC1=O. The molecule has 0 aliphatic carbocycles. The van der Waals surface area contributed by atoms with E-state index < -0.39 is 0 Å². The van der Waals surface area contributed by atoms with Gasteiger partial charge in [-0.1, -0.05) is 23.7 Å². The van der Waals surface area contributed by atoms with E-state index in [0.29, 0.717) is 44.0 Å². The first-order chi connectivity index (χ1) is 16.6. The van der Waals surface area contributed by atoms with Crippen LogP contribution in [0.15, 0.2) is 54.6 Å². The third-order valence-electron chi connectivity index (χ3n) is 6.47. The van der Waals surface area contributed by atoms with Crippen molar-refractivity contribution >= 4 is 23.4 Å². The van der Waals surface area contributed by atoms with Crippen LogP contribution >= 0.6 is 11.6 Å². The summed E-state index contributed by atoms with van der Waals surface area (Å²) >= 11 is 6.15. The molecule has 34 heavy (non-hydrogen) atoms. The third kappa shape index (κ3) is 4.68. The number of ether oxygens (including phenoxy) is 1. The number of aromatic nitrogens is 1. The summed E-state index contributed by atoms with van der Waals surface area (Å²) in [7, 11) is 0. The average molecular weight is 478 g/mol. The second-order valence-electron chi connectivity index (χ2n) is 8.79. The highest BCUT2D eigenvalue weighted by molar-refractivity contribution is 6.30. The van der Waals surface area contributed by atoms with E-state index in [0.717, 1.165) is 53.3 Å². The Balaban J connectivity index is 1.30. The highest BCUT2D eigenvalue weighted by Gasteiger charge is 2.25. The number of rotatable bonds is 8. The smallest absolute Gasteiger partial charge is 0.222 e. The zero-order valence-electron chi connectivity index (χ0n) is 19.1. The van der Waals surface area contributed by atoms with Crippen molar-refractivity contribution in [2.45, 2.75) is 38.7 Å². The van der Waals surface area contributed by atoms with Gasteiger partial charge in [0, 0.05) is 60.0 Å². The van der Waals surface area contributed by atoms with Crippen LogP contribution in [0, 0.1) is 0 Å². The summed E-state index contributed by atoms with van der Waals surface area (Å²) in [5.41, 5.74) is 5.33. The molecule has 1 saturated heterocycles. The maximum absolute atomic E-state index is 12.6. The Morgan fingerprint density at radius 1 is 1.12 bits per heavy atom. The normalized spacial score (nSPS) is 14.5. The summed E-state index contributed by atoms with van der Waals surface area (Å²) in [6.07, 6.45) is 3.37. The van der Waals surface area contributed by atoms with Crippen LogP contribution in [0.3, 0.4) is 0 Å². The summed E-state index contributed by atoms with van der Waals surface area (Å²) < 4.78 is 8.19. The molecule has 5 rings (SSSR count). The number of carbonyl (C=O) groups excluding carboxylic acids is 2. The monoisotopic (exact) mass is 477 g/mol. The standard InChI is InChI=1S/C27H28ClN3O3/c28-20-8-10-21(11-9-20)31-22(17-19-18-34-24-6-2-1-5-23(24)27(19)31)12-13-25(32)29-14-4-16-30-15-3-7-26(30)33/h1-2,5-6,8-11,17H,3-4,7,12-16,18H2,(H,29,32). The minimum atomic E-state index is 0.0197. The van der Waals surface area contributed by atoms with Gasteiger partial charge in [-0.05, 0) is 61.7 Å². The minimum Gasteiger partial charge on any atom is -0.488 e. The lowest BCUT2D eigenvalue weighted by Gasteiger charge is -2.21. The predicted molar refractivity (Wildman–Crippen MR) is 132 cm³/mol. The highest BCUT2D eigenvalue weighted by atomic mass is 35.5. The lowest BCUT2D eigenvalue weighted by molar-refractivity contribution is -0.127. The average Bonchev–Trinajstić information content (AvgIpc) is 3.44. The van der Waals surface area contributed by atoms with E-state index in [2.05, 4.69) is 22.0 Å². The zero-order chi connectivity index (χ0) is 23.5. The van der Waals surface area contributed by atoms with Crippen molar-refractivity contribution in [1.29, 1.82) is 0 Å². The number of amides is 2. The first kappa shape index (κ1) is 22.5. The van der Waals surface area contributed by atoms with Gasteiger partial charge >= 0.3 is 0 Å². The van der Waals surface area contributed by atoms with Gasteiger partial charge in [0.1, 0.15) is 12.4 Å². The van der Waals surface area contributed by atoms with Gasteiger partial charge in [-0.25, -0.2) is 0 Å². The largest absolute Gasteiger partial charge is 0.488 e. The molecule has 0 atom stereocenters. The Morgan fingerprint density at radius 3 is 2.74 bits per heavy atom. The Morgan fingerprint density at radius 2 is 1.94 bits per heavy atom. The van der Waals surface area contributed by atoms with Gasteiger partial charge in [0.05, 0.1) is 5.69 Å². The van der Waals surface area contributed by atoms with Crippen molar-refractivity contribution in [3.05, 3.63) is 70.9 Å². The van der Waals surface area contributed by atoms with Crippen LogP contribution in [0.5, 0.6) is 5.75 Å². The van der Waals surface area contributed by atoms with Crippen LogP contribution in [-0.4, -0.2) is 40.9 Å². The summed E-state index contributed by atoms with van der Waals surface area (Å²) in [6.45, 7) is 2.64.